The summed E-state index contributed by atoms with van der Waals surface area (Å²) < 4.78 is 11.3. The number of carbonyl (C=O) groups is 1. The zero-order valence-corrected chi connectivity index (χ0v) is 20.0. The molecule has 1 aliphatic heterocycles. The molecule has 1 amide bonds. The molecule has 3 aromatic rings. The summed E-state index contributed by atoms with van der Waals surface area (Å²) in [6.07, 6.45) is 1.70. The van der Waals surface area contributed by atoms with Crippen LogP contribution in [0.4, 0.5) is 11.5 Å². The largest absolute Gasteiger partial charge is 0.494 e. The third kappa shape index (κ3) is 6.04. The summed E-state index contributed by atoms with van der Waals surface area (Å²) >= 11 is 0. The topological polar surface area (TPSA) is 76.6 Å². The first kappa shape index (κ1) is 23.5. The van der Waals surface area contributed by atoms with Gasteiger partial charge in [-0.25, -0.2) is 0 Å². The van der Waals surface area contributed by atoms with Crippen LogP contribution in [0.25, 0.3) is 11.3 Å². The average Bonchev–Trinajstić information content (AvgIpc) is 2.85. The zero-order chi connectivity index (χ0) is 23.9. The molecular weight excluding hydrogens is 428 g/mol. The SMILES string of the molecule is CCOc1cccc(OC(C)C(=O)Nc2cccc(-c3ccc(N4CCC(C)CC4)nn3)c2)c1. The summed E-state index contributed by atoms with van der Waals surface area (Å²) in [6.45, 7) is 8.55. The van der Waals surface area contributed by atoms with Crippen LogP contribution < -0.4 is 19.7 Å². The van der Waals surface area contributed by atoms with E-state index in [1.54, 1.807) is 19.1 Å². The van der Waals surface area contributed by atoms with E-state index in [1.165, 1.54) is 12.8 Å². The number of anilines is 2. The number of carbonyl (C=O) groups excluding carboxylic acids is 1. The quantitative estimate of drug-likeness (QED) is 0.499. The van der Waals surface area contributed by atoms with Crippen molar-refractivity contribution in [2.45, 2.75) is 39.7 Å². The maximum Gasteiger partial charge on any atom is 0.265 e. The van der Waals surface area contributed by atoms with Crippen LogP contribution in [0.5, 0.6) is 11.5 Å². The molecule has 2 aromatic carbocycles. The van der Waals surface area contributed by atoms with Crippen molar-refractivity contribution in [2.24, 2.45) is 5.92 Å². The second-order valence-corrected chi connectivity index (χ2v) is 8.68. The zero-order valence-electron chi connectivity index (χ0n) is 20.0. The summed E-state index contributed by atoms with van der Waals surface area (Å²) in [5.74, 6) is 2.75. The van der Waals surface area contributed by atoms with E-state index in [1.807, 2.05) is 55.5 Å². The second-order valence-electron chi connectivity index (χ2n) is 8.68. The molecule has 0 bridgehead atoms. The van der Waals surface area contributed by atoms with Crippen LogP contribution in [0.1, 0.15) is 33.6 Å². The Morgan fingerprint density at radius 1 is 1.06 bits per heavy atom. The van der Waals surface area contributed by atoms with Crippen molar-refractivity contribution in [1.82, 2.24) is 10.2 Å². The van der Waals surface area contributed by atoms with Gasteiger partial charge in [-0.05, 0) is 69.0 Å². The van der Waals surface area contributed by atoms with Crippen LogP contribution in [0.3, 0.4) is 0 Å². The van der Waals surface area contributed by atoms with E-state index >= 15 is 0 Å². The lowest BCUT2D eigenvalue weighted by Crippen LogP contribution is -2.33. The molecule has 34 heavy (non-hydrogen) atoms. The minimum absolute atomic E-state index is 0.236. The van der Waals surface area contributed by atoms with Crippen LogP contribution in [-0.2, 0) is 4.79 Å². The van der Waals surface area contributed by atoms with E-state index in [2.05, 4.69) is 27.3 Å². The van der Waals surface area contributed by atoms with Crippen molar-refractivity contribution < 1.29 is 14.3 Å². The Kier molecular flexibility index (Phi) is 7.62. The summed E-state index contributed by atoms with van der Waals surface area (Å²) in [4.78, 5) is 15.0. The molecule has 178 valence electrons. The van der Waals surface area contributed by atoms with Gasteiger partial charge in [-0.2, -0.15) is 0 Å². The van der Waals surface area contributed by atoms with Gasteiger partial charge in [-0.3, -0.25) is 4.79 Å². The molecule has 7 heteroatoms. The Hall–Kier alpha value is -3.61. The maximum absolute atomic E-state index is 12.7. The molecule has 4 rings (SSSR count). The number of hydrogen-bond donors (Lipinski definition) is 1. The fraction of sp³-hybridized carbons (Fsp3) is 0.370. The molecule has 1 atom stereocenters. The number of hydrogen-bond acceptors (Lipinski definition) is 6. The second kappa shape index (κ2) is 11.0. The normalized spacial score (nSPS) is 15.0. The average molecular weight is 461 g/mol. The number of benzene rings is 2. The highest BCUT2D eigenvalue weighted by molar-refractivity contribution is 5.94. The summed E-state index contributed by atoms with van der Waals surface area (Å²) in [5.41, 5.74) is 2.33. The first-order valence-corrected chi connectivity index (χ1v) is 11.9. The lowest BCUT2D eigenvalue weighted by Gasteiger charge is -2.30. The van der Waals surface area contributed by atoms with Crippen molar-refractivity contribution in [3.63, 3.8) is 0 Å². The molecule has 0 spiro atoms. The van der Waals surface area contributed by atoms with Crippen LogP contribution in [0.15, 0.2) is 60.7 Å². The molecule has 2 heterocycles. The van der Waals surface area contributed by atoms with Gasteiger partial charge in [-0.15, -0.1) is 10.2 Å². The lowest BCUT2D eigenvalue weighted by atomic mass is 9.99. The first-order chi connectivity index (χ1) is 16.5. The first-order valence-electron chi connectivity index (χ1n) is 11.9. The Labute approximate surface area is 201 Å². The molecule has 0 aliphatic carbocycles. The molecular formula is C27H32N4O3. The van der Waals surface area contributed by atoms with Crippen LogP contribution in [-0.4, -0.2) is 41.9 Å². The van der Waals surface area contributed by atoms with E-state index in [0.717, 1.165) is 36.1 Å². The minimum atomic E-state index is -0.674. The number of amides is 1. The van der Waals surface area contributed by atoms with E-state index in [4.69, 9.17) is 9.47 Å². The Bertz CT molecular complexity index is 1100. The monoisotopic (exact) mass is 460 g/mol. The predicted molar refractivity (Wildman–Crippen MR) is 134 cm³/mol. The fourth-order valence-electron chi connectivity index (χ4n) is 3.95. The van der Waals surface area contributed by atoms with Gasteiger partial charge < -0.3 is 19.7 Å². The third-order valence-electron chi connectivity index (χ3n) is 5.98. The van der Waals surface area contributed by atoms with Gasteiger partial charge in [0.1, 0.15) is 11.5 Å². The minimum Gasteiger partial charge on any atom is -0.494 e. The fourth-order valence-corrected chi connectivity index (χ4v) is 3.95. The third-order valence-corrected chi connectivity index (χ3v) is 5.98. The number of nitrogens with one attached hydrogen (secondary N) is 1. The van der Waals surface area contributed by atoms with E-state index in [9.17, 15) is 4.79 Å². The number of rotatable bonds is 8. The number of piperidine rings is 1. The molecule has 1 unspecified atom stereocenters. The smallest absolute Gasteiger partial charge is 0.265 e. The van der Waals surface area contributed by atoms with Crippen molar-refractivity contribution in [3.8, 4) is 22.8 Å². The van der Waals surface area contributed by atoms with Gasteiger partial charge in [0.15, 0.2) is 11.9 Å². The van der Waals surface area contributed by atoms with E-state index in [0.29, 0.717) is 23.8 Å². The van der Waals surface area contributed by atoms with Gasteiger partial charge in [0.25, 0.3) is 5.91 Å². The standard InChI is InChI=1S/C27H32N4O3/c1-4-33-23-9-6-10-24(18-23)34-20(3)27(32)28-22-8-5-7-21(17-22)25-11-12-26(30-29-25)31-15-13-19(2)14-16-31/h5-12,17-20H,4,13-16H2,1-3H3,(H,28,32). The number of aromatic nitrogens is 2. The van der Waals surface area contributed by atoms with Crippen molar-refractivity contribution >= 4 is 17.4 Å². The van der Waals surface area contributed by atoms with Crippen LogP contribution in [0.2, 0.25) is 0 Å². The molecule has 1 N–H and O–H groups in total. The van der Waals surface area contributed by atoms with Gasteiger partial charge in [0.05, 0.1) is 12.3 Å². The van der Waals surface area contributed by atoms with Crippen molar-refractivity contribution in [2.75, 3.05) is 29.9 Å². The van der Waals surface area contributed by atoms with Gasteiger partial charge in [0, 0.05) is 30.4 Å². The highest BCUT2D eigenvalue weighted by atomic mass is 16.5. The highest BCUT2D eigenvalue weighted by Crippen LogP contribution is 2.25. The lowest BCUT2D eigenvalue weighted by molar-refractivity contribution is -0.122. The van der Waals surface area contributed by atoms with E-state index < -0.39 is 6.10 Å². The maximum atomic E-state index is 12.7. The number of nitrogens with zero attached hydrogens (tertiary/aromatic N) is 3. The Morgan fingerprint density at radius 3 is 2.56 bits per heavy atom. The molecule has 7 nitrogen and oxygen atoms in total. The summed E-state index contributed by atoms with van der Waals surface area (Å²) in [7, 11) is 0. The Balaban J connectivity index is 1.38. The Morgan fingerprint density at radius 2 is 1.82 bits per heavy atom. The number of ether oxygens (including phenoxy) is 2. The molecule has 1 fully saturated rings. The van der Waals surface area contributed by atoms with Crippen LogP contribution in [0, 0.1) is 5.92 Å². The predicted octanol–water partition coefficient (Wildman–Crippen LogP) is 5.18. The van der Waals surface area contributed by atoms with E-state index in [-0.39, 0.29) is 5.91 Å². The van der Waals surface area contributed by atoms with Gasteiger partial charge in [-0.1, -0.05) is 25.1 Å². The van der Waals surface area contributed by atoms with Crippen molar-refractivity contribution in [1.29, 1.82) is 0 Å². The highest BCUT2D eigenvalue weighted by Gasteiger charge is 2.18. The van der Waals surface area contributed by atoms with Crippen molar-refractivity contribution in [3.05, 3.63) is 60.7 Å². The summed E-state index contributed by atoms with van der Waals surface area (Å²) in [6, 6.07) is 18.9. The molecule has 1 aromatic heterocycles. The molecule has 1 aliphatic rings. The molecule has 0 saturated carbocycles. The molecule has 1 saturated heterocycles. The molecule has 0 radical (unpaired) electrons. The van der Waals surface area contributed by atoms with Gasteiger partial charge >= 0.3 is 0 Å². The summed E-state index contributed by atoms with van der Waals surface area (Å²) in [5, 5.41) is 11.8. The van der Waals surface area contributed by atoms with Gasteiger partial charge in [0.2, 0.25) is 0 Å². The van der Waals surface area contributed by atoms with Crippen LogP contribution >= 0.6 is 0 Å².